The van der Waals surface area contributed by atoms with Crippen molar-refractivity contribution >= 4 is 40.8 Å². The highest BCUT2D eigenvalue weighted by atomic mass is 35.5. The third-order valence-corrected chi connectivity index (χ3v) is 6.68. The molecule has 4 aromatic rings. The number of ether oxygens (including phenoxy) is 1. The van der Waals surface area contributed by atoms with Crippen molar-refractivity contribution in [1.29, 1.82) is 0 Å². The van der Waals surface area contributed by atoms with Gasteiger partial charge in [-0.15, -0.1) is 0 Å². The maximum Gasteiger partial charge on any atom is 0.337 e. The average Bonchev–Trinajstić information content (AvgIpc) is 3.21. The number of hydrogen-bond donors (Lipinski definition) is 1. The smallest absolute Gasteiger partial charge is 0.337 e. The zero-order valence-electron chi connectivity index (χ0n) is 19.3. The molecule has 180 valence electrons. The number of benzene rings is 3. The molecule has 1 N–H and O–H groups in total. The Bertz CT molecular complexity index is 1390. The van der Waals surface area contributed by atoms with E-state index in [0.29, 0.717) is 21.5 Å². The molecule has 0 aliphatic heterocycles. The predicted molar refractivity (Wildman–Crippen MR) is 141 cm³/mol. The summed E-state index contributed by atoms with van der Waals surface area (Å²) in [5, 5.41) is 15.0. The van der Waals surface area contributed by atoms with Crippen molar-refractivity contribution in [3.63, 3.8) is 0 Å². The fourth-order valence-corrected chi connectivity index (χ4v) is 4.77. The maximum absolute atomic E-state index is 11.2. The standard InChI is InChI=1S/C27H23Cl3N2O3/c1-15(2)21-13-31-32(26-22(28)5-4-6-23(26)29)25(21)14-35-18-8-10-19(16(3)11-18)17-7-9-20(27(33)34)24(30)12-17/h4-13,15H,14H2,1-3H3,(H,33,34). The first-order valence-electron chi connectivity index (χ1n) is 10.9. The first kappa shape index (κ1) is 25.1. The zero-order chi connectivity index (χ0) is 25.3. The van der Waals surface area contributed by atoms with Crippen molar-refractivity contribution in [2.45, 2.75) is 33.3 Å². The van der Waals surface area contributed by atoms with Crippen LogP contribution in [0.1, 0.15) is 46.9 Å². The summed E-state index contributed by atoms with van der Waals surface area (Å²) in [4.78, 5) is 11.2. The van der Waals surface area contributed by atoms with Crippen LogP contribution in [0, 0.1) is 6.92 Å². The number of nitrogens with zero attached hydrogens (tertiary/aromatic N) is 2. The molecule has 35 heavy (non-hydrogen) atoms. The minimum atomic E-state index is -1.06. The number of carboxylic acid groups (broad SMARTS) is 1. The average molecular weight is 530 g/mol. The summed E-state index contributed by atoms with van der Waals surface area (Å²) in [7, 11) is 0. The Kier molecular flexibility index (Phi) is 7.41. The first-order chi connectivity index (χ1) is 16.7. The summed E-state index contributed by atoms with van der Waals surface area (Å²) in [5.74, 6) is -0.140. The number of aryl methyl sites for hydroxylation is 1. The van der Waals surface area contributed by atoms with Crippen LogP contribution in [0.5, 0.6) is 5.75 Å². The SMILES string of the molecule is Cc1cc(OCc2c(C(C)C)cnn2-c2c(Cl)cccc2Cl)ccc1-c1ccc(C(=O)O)c(Cl)c1. The molecule has 0 saturated heterocycles. The second kappa shape index (κ2) is 10.3. The summed E-state index contributed by atoms with van der Waals surface area (Å²) >= 11 is 19.1. The fraction of sp³-hybridized carbons (Fsp3) is 0.185. The van der Waals surface area contributed by atoms with Crippen LogP contribution >= 0.6 is 34.8 Å². The van der Waals surface area contributed by atoms with Gasteiger partial charge >= 0.3 is 5.97 Å². The first-order valence-corrected chi connectivity index (χ1v) is 12.1. The molecule has 0 amide bonds. The molecule has 3 aromatic carbocycles. The van der Waals surface area contributed by atoms with Crippen LogP contribution in [0.25, 0.3) is 16.8 Å². The summed E-state index contributed by atoms with van der Waals surface area (Å²) < 4.78 is 7.92. The number of rotatable bonds is 7. The molecule has 0 bridgehead atoms. The van der Waals surface area contributed by atoms with Crippen LogP contribution in [-0.4, -0.2) is 20.9 Å². The largest absolute Gasteiger partial charge is 0.487 e. The van der Waals surface area contributed by atoms with Crippen molar-refractivity contribution in [1.82, 2.24) is 9.78 Å². The molecule has 4 rings (SSSR count). The van der Waals surface area contributed by atoms with Gasteiger partial charge in [0.05, 0.1) is 32.5 Å². The fourth-order valence-electron chi connectivity index (χ4n) is 3.95. The Morgan fingerprint density at radius 1 is 1.03 bits per heavy atom. The Balaban J connectivity index is 1.62. The number of carbonyl (C=O) groups is 1. The minimum Gasteiger partial charge on any atom is -0.487 e. The molecule has 0 radical (unpaired) electrons. The molecule has 0 atom stereocenters. The highest BCUT2D eigenvalue weighted by Gasteiger charge is 2.19. The molecule has 8 heteroatoms. The Labute approximate surface area is 218 Å². The van der Waals surface area contributed by atoms with E-state index >= 15 is 0 Å². The van der Waals surface area contributed by atoms with Gasteiger partial charge in [0.25, 0.3) is 0 Å². The van der Waals surface area contributed by atoms with Crippen molar-refractivity contribution in [3.8, 4) is 22.6 Å². The third-order valence-electron chi connectivity index (χ3n) is 5.76. The lowest BCUT2D eigenvalue weighted by atomic mass is 9.99. The van der Waals surface area contributed by atoms with Crippen molar-refractivity contribution in [3.05, 3.63) is 98.2 Å². The number of aromatic nitrogens is 2. The summed E-state index contributed by atoms with van der Waals surface area (Å²) in [5.41, 5.74) is 5.34. The van der Waals surface area contributed by atoms with Gasteiger partial charge in [-0.3, -0.25) is 0 Å². The predicted octanol–water partition coefficient (Wildman–Crippen LogP) is 8.21. The monoisotopic (exact) mass is 528 g/mol. The Morgan fingerprint density at radius 2 is 1.74 bits per heavy atom. The molecule has 1 aromatic heterocycles. The van der Waals surface area contributed by atoms with Gasteiger partial charge in [0.15, 0.2) is 0 Å². The Morgan fingerprint density at radius 3 is 2.34 bits per heavy atom. The molecule has 0 spiro atoms. The minimum absolute atomic E-state index is 0.0733. The van der Waals surface area contributed by atoms with Gasteiger partial charge in [-0.25, -0.2) is 9.48 Å². The normalized spacial score (nSPS) is 11.2. The second-order valence-electron chi connectivity index (χ2n) is 8.45. The molecule has 0 saturated carbocycles. The van der Waals surface area contributed by atoms with E-state index in [1.165, 1.54) is 6.07 Å². The van der Waals surface area contributed by atoms with E-state index in [4.69, 9.17) is 39.5 Å². The number of para-hydroxylation sites is 1. The van der Waals surface area contributed by atoms with Crippen LogP contribution in [0.15, 0.2) is 60.8 Å². The lowest BCUT2D eigenvalue weighted by Gasteiger charge is -2.16. The van der Waals surface area contributed by atoms with E-state index in [9.17, 15) is 9.90 Å². The van der Waals surface area contributed by atoms with Crippen LogP contribution < -0.4 is 4.74 Å². The van der Waals surface area contributed by atoms with Crippen LogP contribution in [0.4, 0.5) is 0 Å². The molecule has 0 fully saturated rings. The Hall–Kier alpha value is -2.99. The van der Waals surface area contributed by atoms with E-state index in [2.05, 4.69) is 18.9 Å². The van der Waals surface area contributed by atoms with Gasteiger partial charge in [0, 0.05) is 0 Å². The van der Waals surface area contributed by atoms with Crippen LogP contribution in [-0.2, 0) is 6.61 Å². The van der Waals surface area contributed by atoms with E-state index in [1.54, 1.807) is 35.0 Å². The van der Waals surface area contributed by atoms with E-state index < -0.39 is 5.97 Å². The number of aromatic carboxylic acids is 1. The molecule has 0 aliphatic rings. The lowest BCUT2D eigenvalue weighted by Crippen LogP contribution is -2.09. The van der Waals surface area contributed by atoms with Crippen molar-refractivity contribution in [2.24, 2.45) is 0 Å². The molecular weight excluding hydrogens is 507 g/mol. The highest BCUT2D eigenvalue weighted by molar-refractivity contribution is 6.37. The highest BCUT2D eigenvalue weighted by Crippen LogP contribution is 2.33. The molecule has 1 heterocycles. The zero-order valence-corrected chi connectivity index (χ0v) is 21.6. The van der Waals surface area contributed by atoms with E-state index in [-0.39, 0.29) is 23.1 Å². The number of carboxylic acids is 1. The number of halogens is 3. The molecule has 0 aliphatic carbocycles. The third kappa shape index (κ3) is 5.18. The van der Waals surface area contributed by atoms with Crippen molar-refractivity contribution in [2.75, 3.05) is 0 Å². The lowest BCUT2D eigenvalue weighted by molar-refractivity contribution is 0.0697. The number of hydrogen-bond acceptors (Lipinski definition) is 3. The maximum atomic E-state index is 11.2. The van der Waals surface area contributed by atoms with E-state index in [0.717, 1.165) is 27.9 Å². The summed E-state index contributed by atoms with van der Waals surface area (Å²) in [6, 6.07) is 16.0. The molecule has 5 nitrogen and oxygen atoms in total. The van der Waals surface area contributed by atoms with Crippen LogP contribution in [0.2, 0.25) is 15.1 Å². The topological polar surface area (TPSA) is 64.4 Å². The van der Waals surface area contributed by atoms with Gasteiger partial charge in [-0.2, -0.15) is 5.10 Å². The van der Waals surface area contributed by atoms with Crippen molar-refractivity contribution < 1.29 is 14.6 Å². The summed E-state index contributed by atoms with van der Waals surface area (Å²) in [6.07, 6.45) is 1.82. The molecular formula is C27H23Cl3N2O3. The molecule has 0 unspecified atom stereocenters. The summed E-state index contributed by atoms with van der Waals surface area (Å²) in [6.45, 7) is 6.43. The second-order valence-corrected chi connectivity index (χ2v) is 9.67. The van der Waals surface area contributed by atoms with Gasteiger partial charge in [0.2, 0.25) is 0 Å². The van der Waals surface area contributed by atoms with E-state index in [1.807, 2.05) is 31.3 Å². The van der Waals surface area contributed by atoms with Gasteiger partial charge in [0.1, 0.15) is 18.0 Å². The van der Waals surface area contributed by atoms with Crippen LogP contribution in [0.3, 0.4) is 0 Å². The van der Waals surface area contributed by atoms with Gasteiger partial charge in [-0.1, -0.05) is 66.8 Å². The quantitative estimate of drug-likeness (QED) is 0.262. The van der Waals surface area contributed by atoms with Gasteiger partial charge in [-0.05, 0) is 71.5 Å². The van der Waals surface area contributed by atoms with Gasteiger partial charge < -0.3 is 9.84 Å².